The summed E-state index contributed by atoms with van der Waals surface area (Å²) in [6.45, 7) is 8.48. The monoisotopic (exact) mass is 187 g/mol. The molecule has 0 amide bonds. The van der Waals surface area contributed by atoms with Crippen molar-refractivity contribution in [3.05, 3.63) is 0 Å². The third-order valence-electron chi connectivity index (χ3n) is 1.68. The van der Waals surface area contributed by atoms with Crippen LogP contribution in [0.4, 0.5) is 0 Å². The third-order valence-corrected chi connectivity index (χ3v) is 1.68. The lowest BCUT2D eigenvalue weighted by Gasteiger charge is -2.03. The van der Waals surface area contributed by atoms with E-state index in [4.69, 9.17) is 5.11 Å². The van der Waals surface area contributed by atoms with E-state index >= 15 is 0 Å². The highest BCUT2D eigenvalue weighted by atomic mass is 16.3. The predicted molar refractivity (Wildman–Crippen MR) is 53.6 cm³/mol. The molecule has 0 saturated carbocycles. The van der Waals surface area contributed by atoms with E-state index in [9.17, 15) is 4.79 Å². The van der Waals surface area contributed by atoms with Gasteiger partial charge in [-0.05, 0) is 13.3 Å². The van der Waals surface area contributed by atoms with Gasteiger partial charge in [-0.2, -0.15) is 0 Å². The van der Waals surface area contributed by atoms with Crippen molar-refractivity contribution in [2.45, 2.75) is 46.3 Å². The average molecular weight is 187 g/mol. The van der Waals surface area contributed by atoms with Crippen LogP contribution in [0.25, 0.3) is 0 Å². The van der Waals surface area contributed by atoms with E-state index in [0.717, 1.165) is 19.3 Å². The Bertz CT molecular complexity index is 143. The van der Waals surface area contributed by atoms with Crippen molar-refractivity contribution in [2.24, 2.45) is 5.41 Å². The number of carbonyl (C=O) groups is 1. The molecule has 2 unspecified atom stereocenters. The van der Waals surface area contributed by atoms with E-state index in [1.807, 2.05) is 20.8 Å². The van der Waals surface area contributed by atoms with Crippen molar-refractivity contribution in [1.82, 2.24) is 5.32 Å². The van der Waals surface area contributed by atoms with Crippen LogP contribution >= 0.6 is 0 Å². The lowest BCUT2D eigenvalue weighted by molar-refractivity contribution is -0.113. The normalized spacial score (nSPS) is 27.8. The zero-order valence-electron chi connectivity index (χ0n) is 9.00. The van der Waals surface area contributed by atoms with Crippen molar-refractivity contribution >= 4 is 6.29 Å². The van der Waals surface area contributed by atoms with Gasteiger partial charge in [0, 0.05) is 18.0 Å². The van der Waals surface area contributed by atoms with Crippen molar-refractivity contribution in [2.75, 3.05) is 6.54 Å². The highest BCUT2D eigenvalue weighted by molar-refractivity contribution is 5.56. The second-order valence-corrected chi connectivity index (χ2v) is 4.68. The minimum atomic E-state index is -0.139. The van der Waals surface area contributed by atoms with Gasteiger partial charge in [0.15, 0.2) is 0 Å². The molecular formula is C10H21NO2. The number of aliphatic hydroxyl groups is 1. The van der Waals surface area contributed by atoms with Gasteiger partial charge in [0.1, 0.15) is 6.29 Å². The van der Waals surface area contributed by atoms with Gasteiger partial charge < -0.3 is 15.2 Å². The Morgan fingerprint density at radius 1 is 1.46 bits per heavy atom. The molecule has 1 heterocycles. The van der Waals surface area contributed by atoms with Crippen LogP contribution in [0.2, 0.25) is 0 Å². The number of hydrogen-bond donors (Lipinski definition) is 2. The molecule has 1 fully saturated rings. The standard InChI is InChI=1S/C5H11NO.C5H10O/c1-4-2-5(7)3-6-4;1-5(2,3)4-6/h4-7H,2-3H2,1H3;4H,1-3H3. The molecule has 0 aromatic heterocycles. The molecule has 0 bridgehead atoms. The fourth-order valence-corrected chi connectivity index (χ4v) is 0.912. The first-order chi connectivity index (χ1) is 5.85. The summed E-state index contributed by atoms with van der Waals surface area (Å²) in [7, 11) is 0. The van der Waals surface area contributed by atoms with Crippen LogP contribution in [0.3, 0.4) is 0 Å². The molecule has 1 rings (SSSR count). The molecule has 13 heavy (non-hydrogen) atoms. The maximum absolute atomic E-state index is 9.83. The molecule has 1 aliphatic heterocycles. The zero-order valence-corrected chi connectivity index (χ0v) is 9.00. The molecule has 0 radical (unpaired) electrons. The minimum Gasteiger partial charge on any atom is -0.392 e. The Hall–Kier alpha value is -0.410. The van der Waals surface area contributed by atoms with Crippen LogP contribution in [0.5, 0.6) is 0 Å². The molecule has 1 aliphatic rings. The highest BCUT2D eigenvalue weighted by Gasteiger charge is 2.16. The van der Waals surface area contributed by atoms with E-state index in [2.05, 4.69) is 12.2 Å². The second kappa shape index (κ2) is 5.35. The second-order valence-electron chi connectivity index (χ2n) is 4.68. The fraction of sp³-hybridized carbons (Fsp3) is 0.900. The summed E-state index contributed by atoms with van der Waals surface area (Å²) in [5.41, 5.74) is -0.139. The van der Waals surface area contributed by atoms with Gasteiger partial charge in [-0.15, -0.1) is 0 Å². The third kappa shape index (κ3) is 7.94. The Morgan fingerprint density at radius 2 is 1.92 bits per heavy atom. The first-order valence-corrected chi connectivity index (χ1v) is 4.73. The summed E-state index contributed by atoms with van der Waals surface area (Å²) in [6, 6.07) is 0.523. The number of aldehydes is 1. The molecule has 3 nitrogen and oxygen atoms in total. The van der Waals surface area contributed by atoms with E-state index in [1.54, 1.807) is 0 Å². The number of rotatable bonds is 0. The largest absolute Gasteiger partial charge is 0.392 e. The fourth-order valence-electron chi connectivity index (χ4n) is 0.912. The van der Waals surface area contributed by atoms with Crippen LogP contribution < -0.4 is 5.32 Å². The van der Waals surface area contributed by atoms with Gasteiger partial charge in [0.2, 0.25) is 0 Å². The summed E-state index contributed by atoms with van der Waals surface area (Å²) >= 11 is 0. The number of hydrogen-bond acceptors (Lipinski definition) is 3. The van der Waals surface area contributed by atoms with Crippen LogP contribution in [-0.4, -0.2) is 30.1 Å². The molecule has 78 valence electrons. The lowest BCUT2D eigenvalue weighted by Crippen LogP contribution is -2.17. The van der Waals surface area contributed by atoms with E-state index < -0.39 is 0 Å². The van der Waals surface area contributed by atoms with Gasteiger partial charge in [-0.3, -0.25) is 0 Å². The van der Waals surface area contributed by atoms with Crippen molar-refractivity contribution in [1.29, 1.82) is 0 Å². The number of aliphatic hydroxyl groups excluding tert-OH is 1. The van der Waals surface area contributed by atoms with Crippen molar-refractivity contribution < 1.29 is 9.90 Å². The van der Waals surface area contributed by atoms with Crippen LogP contribution in [0, 0.1) is 5.41 Å². The van der Waals surface area contributed by atoms with Gasteiger partial charge in [0.25, 0.3) is 0 Å². The summed E-state index contributed by atoms with van der Waals surface area (Å²) in [6.07, 6.45) is 1.77. The summed E-state index contributed by atoms with van der Waals surface area (Å²) in [5, 5.41) is 12.0. The molecule has 0 spiro atoms. The van der Waals surface area contributed by atoms with Crippen LogP contribution in [0.15, 0.2) is 0 Å². The maximum Gasteiger partial charge on any atom is 0.125 e. The van der Waals surface area contributed by atoms with Gasteiger partial charge >= 0.3 is 0 Å². The molecule has 1 saturated heterocycles. The van der Waals surface area contributed by atoms with E-state index in [0.29, 0.717) is 6.04 Å². The first-order valence-electron chi connectivity index (χ1n) is 4.73. The van der Waals surface area contributed by atoms with E-state index in [1.165, 1.54) is 0 Å². The highest BCUT2D eigenvalue weighted by Crippen LogP contribution is 2.05. The molecule has 2 N–H and O–H groups in total. The topological polar surface area (TPSA) is 49.3 Å². The van der Waals surface area contributed by atoms with Gasteiger partial charge in [-0.25, -0.2) is 0 Å². The van der Waals surface area contributed by atoms with Gasteiger partial charge in [-0.1, -0.05) is 20.8 Å². The summed E-state index contributed by atoms with van der Waals surface area (Å²) in [4.78, 5) is 9.83. The van der Waals surface area contributed by atoms with Crippen LogP contribution in [-0.2, 0) is 4.79 Å². The SMILES string of the molecule is CC(C)(C)C=O.CC1CC(O)CN1. The quantitative estimate of drug-likeness (QED) is 0.555. The molecular weight excluding hydrogens is 166 g/mol. The summed E-state index contributed by atoms with van der Waals surface area (Å²) in [5.74, 6) is 0. The lowest BCUT2D eigenvalue weighted by atomic mass is 10.0. The molecule has 0 aliphatic carbocycles. The number of nitrogens with one attached hydrogen (secondary N) is 1. The Labute approximate surface area is 80.5 Å². The number of carbonyl (C=O) groups excluding carboxylic acids is 1. The average Bonchev–Trinajstić information content (AvgIpc) is 2.34. The summed E-state index contributed by atoms with van der Waals surface area (Å²) < 4.78 is 0. The molecule has 3 heteroatoms. The Morgan fingerprint density at radius 3 is 2.00 bits per heavy atom. The minimum absolute atomic E-state index is 0.0880. The molecule has 0 aromatic rings. The molecule has 2 atom stereocenters. The molecule has 0 aromatic carbocycles. The van der Waals surface area contributed by atoms with E-state index in [-0.39, 0.29) is 11.5 Å². The zero-order chi connectivity index (χ0) is 10.5. The predicted octanol–water partition coefficient (Wildman–Crippen LogP) is 0.960. The number of β-amino-alcohol motifs (C(OH)–C–C–N with tert-alkyl or cyclic N) is 1. The van der Waals surface area contributed by atoms with Crippen molar-refractivity contribution in [3.63, 3.8) is 0 Å². The van der Waals surface area contributed by atoms with Gasteiger partial charge in [0.05, 0.1) is 6.10 Å². The van der Waals surface area contributed by atoms with Crippen LogP contribution in [0.1, 0.15) is 34.1 Å². The Balaban J connectivity index is 0.000000226. The first kappa shape index (κ1) is 12.6. The Kier molecular flexibility index (Phi) is 5.18. The van der Waals surface area contributed by atoms with Crippen molar-refractivity contribution in [3.8, 4) is 0 Å². The maximum atomic E-state index is 9.83. The smallest absolute Gasteiger partial charge is 0.125 e.